The molecule has 3 amide bonds. The van der Waals surface area contributed by atoms with Crippen LogP contribution in [0.5, 0.6) is 11.5 Å². The van der Waals surface area contributed by atoms with Gasteiger partial charge in [-0.3, -0.25) is 14.4 Å². The number of anilines is 3. The molecule has 0 bridgehead atoms. The number of amides is 3. The number of carbonyl (C=O) groups is 3. The van der Waals surface area contributed by atoms with Gasteiger partial charge in [0.2, 0.25) is 5.91 Å². The summed E-state index contributed by atoms with van der Waals surface area (Å²) in [5, 5.41) is 10.4. The lowest BCUT2D eigenvalue weighted by Crippen LogP contribution is -2.30. The van der Waals surface area contributed by atoms with Crippen molar-refractivity contribution >= 4 is 63.4 Å². The van der Waals surface area contributed by atoms with Crippen LogP contribution in [0, 0.1) is 0 Å². The van der Waals surface area contributed by atoms with E-state index in [1.54, 1.807) is 69.7 Å². The summed E-state index contributed by atoms with van der Waals surface area (Å²) in [4.78, 5) is 47.1. The van der Waals surface area contributed by atoms with E-state index in [-0.39, 0.29) is 11.6 Å². The molecule has 10 nitrogen and oxygen atoms in total. The zero-order valence-electron chi connectivity index (χ0n) is 28.2. The van der Waals surface area contributed by atoms with E-state index in [1.807, 2.05) is 79.0 Å². The average Bonchev–Trinajstić information content (AvgIpc) is 3.60. The molecular formula is C38H37N5O5S2. The molecule has 5 rings (SSSR count). The lowest BCUT2D eigenvalue weighted by atomic mass is 10.1. The minimum atomic E-state index is -0.493. The van der Waals surface area contributed by atoms with Crippen LogP contribution in [-0.4, -0.2) is 56.3 Å². The number of nitrogens with zero attached hydrogens (tertiary/aromatic N) is 2. The molecular weight excluding hydrogens is 671 g/mol. The molecule has 0 aliphatic rings. The molecule has 0 spiro atoms. The zero-order chi connectivity index (χ0) is 35.6. The van der Waals surface area contributed by atoms with Gasteiger partial charge in [0.25, 0.3) is 11.8 Å². The minimum absolute atomic E-state index is 0.0816. The van der Waals surface area contributed by atoms with Gasteiger partial charge in [0.15, 0.2) is 16.6 Å². The van der Waals surface area contributed by atoms with Gasteiger partial charge in [-0.2, -0.15) is 0 Å². The molecule has 50 heavy (non-hydrogen) atoms. The van der Waals surface area contributed by atoms with Crippen molar-refractivity contribution in [3.63, 3.8) is 0 Å². The predicted octanol–water partition coefficient (Wildman–Crippen LogP) is 7.42. The first-order valence-electron chi connectivity index (χ1n) is 15.6. The third kappa shape index (κ3) is 9.30. The molecule has 4 aromatic carbocycles. The third-order valence-electron chi connectivity index (χ3n) is 7.44. The number of methoxy groups -OCH3 is 2. The fraction of sp³-hybridized carbons (Fsp3) is 0.158. The first kappa shape index (κ1) is 35.7. The number of hydrogen-bond donors (Lipinski definition) is 3. The van der Waals surface area contributed by atoms with E-state index in [2.05, 4.69) is 20.9 Å². The van der Waals surface area contributed by atoms with E-state index in [0.717, 1.165) is 21.7 Å². The van der Waals surface area contributed by atoms with Crippen molar-refractivity contribution < 1.29 is 23.9 Å². The summed E-state index contributed by atoms with van der Waals surface area (Å²) in [7, 11) is 7.05. The Morgan fingerprint density at radius 2 is 1.60 bits per heavy atom. The second-order valence-corrected chi connectivity index (χ2v) is 13.5. The SMILES string of the molecule is COc1ccc(-c2csc(NC(=O)C(C)Sc3cccc(NC(=O)/C(=C\c4ccc(N(C)C)cc4)NC(=O)c4ccccc4)c3)n2)cc1OC. The van der Waals surface area contributed by atoms with E-state index >= 15 is 0 Å². The Kier molecular flexibility index (Phi) is 11.9. The van der Waals surface area contributed by atoms with Gasteiger partial charge < -0.3 is 30.3 Å². The summed E-state index contributed by atoms with van der Waals surface area (Å²) in [6.45, 7) is 1.80. The highest BCUT2D eigenvalue weighted by Crippen LogP contribution is 2.34. The lowest BCUT2D eigenvalue weighted by molar-refractivity contribution is -0.115. The van der Waals surface area contributed by atoms with E-state index in [9.17, 15) is 14.4 Å². The summed E-state index contributed by atoms with van der Waals surface area (Å²) in [6.07, 6.45) is 1.63. The van der Waals surface area contributed by atoms with Crippen molar-refractivity contribution in [1.82, 2.24) is 10.3 Å². The molecule has 0 aliphatic heterocycles. The monoisotopic (exact) mass is 707 g/mol. The maximum Gasteiger partial charge on any atom is 0.272 e. The molecule has 3 N–H and O–H groups in total. The molecule has 0 saturated heterocycles. The van der Waals surface area contributed by atoms with Gasteiger partial charge in [0, 0.05) is 46.9 Å². The molecule has 12 heteroatoms. The predicted molar refractivity (Wildman–Crippen MR) is 202 cm³/mol. The van der Waals surface area contributed by atoms with Gasteiger partial charge in [0.05, 0.1) is 25.2 Å². The summed E-state index contributed by atoms with van der Waals surface area (Å²) >= 11 is 2.67. The molecule has 1 unspecified atom stereocenters. The Morgan fingerprint density at radius 1 is 0.860 bits per heavy atom. The number of carbonyl (C=O) groups excluding carboxylic acids is 3. The van der Waals surface area contributed by atoms with Crippen LogP contribution in [0.2, 0.25) is 0 Å². The highest BCUT2D eigenvalue weighted by Gasteiger charge is 2.19. The van der Waals surface area contributed by atoms with E-state index in [0.29, 0.717) is 33.6 Å². The number of ether oxygens (including phenoxy) is 2. The van der Waals surface area contributed by atoms with Gasteiger partial charge in [-0.15, -0.1) is 23.1 Å². The molecule has 5 aromatic rings. The van der Waals surface area contributed by atoms with E-state index in [4.69, 9.17) is 9.47 Å². The number of thiazole rings is 1. The Balaban J connectivity index is 1.25. The molecule has 1 atom stereocenters. The van der Waals surface area contributed by atoms with Crippen LogP contribution in [0.3, 0.4) is 0 Å². The van der Waals surface area contributed by atoms with Crippen LogP contribution in [0.4, 0.5) is 16.5 Å². The van der Waals surface area contributed by atoms with Crippen molar-refractivity contribution in [2.45, 2.75) is 17.1 Å². The Bertz CT molecular complexity index is 1990. The molecule has 0 saturated carbocycles. The van der Waals surface area contributed by atoms with Crippen molar-refractivity contribution in [2.75, 3.05) is 43.8 Å². The Hall–Kier alpha value is -5.59. The summed E-state index contributed by atoms with van der Waals surface area (Å²) in [6, 6.07) is 29.0. The first-order chi connectivity index (χ1) is 24.1. The standard InChI is InChI=1S/C38H37N5O5S2/c1-24(35(44)42-38-41-32(23-49-38)27-16-19-33(47-4)34(21-27)48-5)50-30-13-9-12-28(22-30)39-37(46)31(40-36(45)26-10-7-6-8-11-26)20-25-14-17-29(18-15-25)43(2)3/h6-24H,1-5H3,(H,39,46)(H,40,45)(H,41,42,44)/b31-20+. The van der Waals surface area contributed by atoms with Gasteiger partial charge in [-0.1, -0.05) is 36.4 Å². The normalized spacial score (nSPS) is 11.7. The molecule has 0 fully saturated rings. The van der Waals surface area contributed by atoms with Crippen molar-refractivity contribution in [3.05, 3.63) is 119 Å². The fourth-order valence-corrected chi connectivity index (χ4v) is 6.40. The third-order valence-corrected chi connectivity index (χ3v) is 9.29. The highest BCUT2D eigenvalue weighted by atomic mass is 32.2. The number of benzene rings is 4. The van der Waals surface area contributed by atoms with Gasteiger partial charge in [-0.25, -0.2) is 4.98 Å². The van der Waals surface area contributed by atoms with E-state index < -0.39 is 17.1 Å². The van der Waals surface area contributed by atoms with Crippen LogP contribution in [-0.2, 0) is 9.59 Å². The number of rotatable bonds is 13. The molecule has 0 radical (unpaired) electrons. The molecule has 256 valence electrons. The topological polar surface area (TPSA) is 122 Å². The summed E-state index contributed by atoms with van der Waals surface area (Å²) in [5.41, 5.74) is 4.30. The summed E-state index contributed by atoms with van der Waals surface area (Å²) < 4.78 is 10.7. The fourth-order valence-electron chi connectivity index (χ4n) is 4.75. The molecule has 0 aliphatic carbocycles. The quantitative estimate of drug-likeness (QED) is 0.0854. The molecule has 1 aromatic heterocycles. The number of hydrogen-bond acceptors (Lipinski definition) is 9. The lowest BCUT2D eigenvalue weighted by Gasteiger charge is -2.14. The first-order valence-corrected chi connectivity index (χ1v) is 17.3. The maximum absolute atomic E-state index is 13.6. The zero-order valence-corrected chi connectivity index (χ0v) is 29.9. The van der Waals surface area contributed by atoms with Crippen molar-refractivity contribution in [2.24, 2.45) is 0 Å². The highest BCUT2D eigenvalue weighted by molar-refractivity contribution is 8.00. The summed E-state index contributed by atoms with van der Waals surface area (Å²) in [5.74, 6) is 0.0928. The number of aromatic nitrogens is 1. The van der Waals surface area contributed by atoms with Crippen LogP contribution in [0.25, 0.3) is 17.3 Å². The molecule has 1 heterocycles. The largest absolute Gasteiger partial charge is 0.493 e. The van der Waals surface area contributed by atoms with Crippen molar-refractivity contribution in [1.29, 1.82) is 0 Å². The number of nitrogens with one attached hydrogen (secondary N) is 3. The van der Waals surface area contributed by atoms with Gasteiger partial charge in [-0.05, 0) is 79.2 Å². The Labute approximate surface area is 299 Å². The second-order valence-electron chi connectivity index (χ2n) is 11.2. The van der Waals surface area contributed by atoms with Crippen LogP contribution in [0.15, 0.2) is 113 Å². The second kappa shape index (κ2) is 16.7. The van der Waals surface area contributed by atoms with Gasteiger partial charge in [0.1, 0.15) is 5.70 Å². The van der Waals surface area contributed by atoms with Gasteiger partial charge >= 0.3 is 0 Å². The maximum atomic E-state index is 13.6. The van der Waals surface area contributed by atoms with Crippen LogP contribution >= 0.6 is 23.1 Å². The Morgan fingerprint density at radius 3 is 2.30 bits per heavy atom. The smallest absolute Gasteiger partial charge is 0.272 e. The number of thioether (sulfide) groups is 1. The van der Waals surface area contributed by atoms with E-state index in [1.165, 1.54) is 23.1 Å². The van der Waals surface area contributed by atoms with Crippen LogP contribution in [0.1, 0.15) is 22.8 Å². The average molecular weight is 708 g/mol. The minimum Gasteiger partial charge on any atom is -0.493 e. The van der Waals surface area contributed by atoms with Crippen molar-refractivity contribution in [3.8, 4) is 22.8 Å². The van der Waals surface area contributed by atoms with Crippen LogP contribution < -0.4 is 30.3 Å².